The van der Waals surface area contributed by atoms with Gasteiger partial charge in [0.05, 0.1) is 0 Å². The van der Waals surface area contributed by atoms with Crippen molar-refractivity contribution in [2.75, 3.05) is 6.61 Å². The summed E-state index contributed by atoms with van der Waals surface area (Å²) in [5.41, 5.74) is 4.11. The van der Waals surface area contributed by atoms with E-state index < -0.39 is 53.9 Å². The maximum Gasteiger partial charge on any atom is 0.408 e. The number of hydrogen-bond acceptors (Lipinski definition) is 10. The largest absolute Gasteiger partial charge is 0.461 e. The van der Waals surface area contributed by atoms with E-state index in [2.05, 4.69) is 10.6 Å². The lowest BCUT2D eigenvalue weighted by Gasteiger charge is -2.29. The highest BCUT2D eigenvalue weighted by molar-refractivity contribution is 5.84. The fourth-order valence-corrected chi connectivity index (χ4v) is 6.68. The van der Waals surface area contributed by atoms with E-state index in [-0.39, 0.29) is 38.1 Å². The van der Waals surface area contributed by atoms with Crippen molar-refractivity contribution in [3.8, 4) is 11.1 Å². The Labute approximate surface area is 316 Å². The molecule has 0 aliphatic heterocycles. The molecule has 3 atom stereocenters. The van der Waals surface area contributed by atoms with Crippen LogP contribution in [0.1, 0.15) is 95.2 Å². The van der Waals surface area contributed by atoms with E-state index in [0.29, 0.717) is 12.8 Å². The van der Waals surface area contributed by atoms with Crippen LogP contribution in [0.25, 0.3) is 11.1 Å². The molecule has 288 valence electrons. The van der Waals surface area contributed by atoms with E-state index in [0.717, 1.165) is 47.1 Å². The summed E-state index contributed by atoms with van der Waals surface area (Å²) in [6.45, 7) is 6.48. The topological polar surface area (TPSA) is 156 Å². The number of esters is 3. The highest BCUT2D eigenvalue weighted by atomic mass is 16.6. The molecule has 12 nitrogen and oxygen atoms in total. The van der Waals surface area contributed by atoms with Gasteiger partial charge in [0.2, 0.25) is 0 Å². The Balaban J connectivity index is 1.22. The maximum absolute atomic E-state index is 13.3. The van der Waals surface area contributed by atoms with Gasteiger partial charge < -0.3 is 34.3 Å². The predicted molar refractivity (Wildman–Crippen MR) is 199 cm³/mol. The molecule has 0 saturated heterocycles. The zero-order valence-electron chi connectivity index (χ0n) is 31.3. The summed E-state index contributed by atoms with van der Waals surface area (Å²) < 4.78 is 27.8. The van der Waals surface area contributed by atoms with Crippen molar-refractivity contribution < 1.29 is 47.7 Å². The first-order chi connectivity index (χ1) is 25.9. The van der Waals surface area contributed by atoms with Crippen molar-refractivity contribution in [2.24, 2.45) is 0 Å². The smallest absolute Gasteiger partial charge is 0.408 e. The van der Waals surface area contributed by atoms with Crippen molar-refractivity contribution in [1.82, 2.24) is 10.6 Å². The van der Waals surface area contributed by atoms with Crippen LogP contribution in [-0.2, 0) is 44.7 Å². The zero-order valence-corrected chi connectivity index (χ0v) is 31.3. The molecule has 0 unspecified atom stereocenters. The van der Waals surface area contributed by atoms with Crippen molar-refractivity contribution in [3.63, 3.8) is 0 Å². The lowest BCUT2D eigenvalue weighted by Crippen LogP contribution is -2.52. The van der Waals surface area contributed by atoms with E-state index in [1.807, 2.05) is 66.7 Å². The highest BCUT2D eigenvalue weighted by Gasteiger charge is 2.35. The molecule has 1 saturated carbocycles. The molecule has 2 N–H and O–H groups in total. The molecule has 0 spiro atoms. The normalized spacial score (nSPS) is 15.7. The molecule has 0 aromatic heterocycles. The SMILES string of the molecule is C[C@H](OC(=O)CC[C@H](NC(=O)OCC1c2ccccc2-c2ccccc21)C(=O)OCc1ccccc1)[C@H](NC(=O)OC(C)(C)C)C(=O)OC1CCCCC1. The third kappa shape index (κ3) is 11.3. The Morgan fingerprint density at radius 3 is 1.98 bits per heavy atom. The minimum absolute atomic E-state index is 0.0220. The van der Waals surface area contributed by atoms with Crippen molar-refractivity contribution in [2.45, 2.75) is 115 Å². The van der Waals surface area contributed by atoms with Crippen LogP contribution in [0.4, 0.5) is 9.59 Å². The fraction of sp³-hybridized carbons (Fsp3) is 0.452. The Bertz CT molecular complexity index is 1720. The van der Waals surface area contributed by atoms with Crippen LogP contribution in [0, 0.1) is 0 Å². The number of alkyl carbamates (subject to hydrolysis) is 2. The van der Waals surface area contributed by atoms with E-state index in [4.69, 9.17) is 23.7 Å². The monoisotopic (exact) mass is 742 g/mol. The summed E-state index contributed by atoms with van der Waals surface area (Å²) in [6.07, 6.45) is 0.598. The average Bonchev–Trinajstić information content (AvgIpc) is 3.47. The summed E-state index contributed by atoms with van der Waals surface area (Å²) >= 11 is 0. The quantitative estimate of drug-likeness (QED) is 0.129. The molecule has 3 aromatic rings. The molecule has 5 rings (SSSR count). The number of amides is 2. The molecule has 2 amide bonds. The van der Waals surface area contributed by atoms with Crippen molar-refractivity contribution in [1.29, 1.82) is 0 Å². The molecule has 2 aliphatic carbocycles. The van der Waals surface area contributed by atoms with Crippen LogP contribution < -0.4 is 10.6 Å². The first kappa shape index (κ1) is 39.8. The van der Waals surface area contributed by atoms with Gasteiger partial charge in [0.1, 0.15) is 37.1 Å². The summed E-state index contributed by atoms with van der Waals surface area (Å²) in [5.74, 6) is -2.49. The van der Waals surface area contributed by atoms with Crippen LogP contribution in [-0.4, -0.2) is 66.6 Å². The van der Waals surface area contributed by atoms with Crippen LogP contribution in [0.15, 0.2) is 78.9 Å². The highest BCUT2D eigenvalue weighted by Crippen LogP contribution is 2.44. The first-order valence-corrected chi connectivity index (χ1v) is 18.6. The maximum atomic E-state index is 13.3. The average molecular weight is 743 g/mol. The van der Waals surface area contributed by atoms with Gasteiger partial charge in [-0.3, -0.25) is 4.79 Å². The van der Waals surface area contributed by atoms with E-state index in [1.165, 1.54) is 6.92 Å². The fourth-order valence-electron chi connectivity index (χ4n) is 6.68. The summed E-state index contributed by atoms with van der Waals surface area (Å²) in [5, 5.41) is 5.08. The Hall–Kier alpha value is -5.39. The third-order valence-corrected chi connectivity index (χ3v) is 9.33. The predicted octanol–water partition coefficient (Wildman–Crippen LogP) is 7.12. The van der Waals surface area contributed by atoms with Crippen LogP contribution in [0.5, 0.6) is 0 Å². The lowest BCUT2D eigenvalue weighted by atomic mass is 9.98. The molecule has 0 bridgehead atoms. The first-order valence-electron chi connectivity index (χ1n) is 18.6. The van der Waals surface area contributed by atoms with Gasteiger partial charge in [0, 0.05) is 12.3 Å². The number of fused-ring (bicyclic) bond motifs is 3. The van der Waals surface area contributed by atoms with Gasteiger partial charge in [-0.1, -0.05) is 85.3 Å². The number of ether oxygens (including phenoxy) is 5. The number of hydrogen-bond donors (Lipinski definition) is 2. The van der Waals surface area contributed by atoms with Gasteiger partial charge in [0.25, 0.3) is 0 Å². The molecular formula is C42H50N2O10. The minimum atomic E-state index is -1.35. The third-order valence-electron chi connectivity index (χ3n) is 9.33. The molecule has 54 heavy (non-hydrogen) atoms. The zero-order chi connectivity index (χ0) is 38.7. The van der Waals surface area contributed by atoms with Gasteiger partial charge in [-0.2, -0.15) is 0 Å². The van der Waals surface area contributed by atoms with E-state index in [1.54, 1.807) is 32.9 Å². The van der Waals surface area contributed by atoms with Gasteiger partial charge in [-0.05, 0) is 87.6 Å². The lowest BCUT2D eigenvalue weighted by molar-refractivity contribution is -0.161. The summed E-state index contributed by atoms with van der Waals surface area (Å²) in [4.78, 5) is 65.7. The second kappa shape index (κ2) is 18.6. The molecule has 12 heteroatoms. The molecule has 1 fully saturated rings. The number of rotatable bonds is 14. The number of carbonyl (C=O) groups excluding carboxylic acids is 5. The van der Waals surface area contributed by atoms with Gasteiger partial charge in [-0.25, -0.2) is 19.2 Å². The molecule has 0 heterocycles. The summed E-state index contributed by atoms with van der Waals surface area (Å²) in [7, 11) is 0. The molecule has 0 radical (unpaired) electrons. The van der Waals surface area contributed by atoms with Crippen LogP contribution >= 0.6 is 0 Å². The minimum Gasteiger partial charge on any atom is -0.461 e. The van der Waals surface area contributed by atoms with Crippen molar-refractivity contribution in [3.05, 3.63) is 95.6 Å². The van der Waals surface area contributed by atoms with E-state index in [9.17, 15) is 24.0 Å². The van der Waals surface area contributed by atoms with Crippen LogP contribution in [0.2, 0.25) is 0 Å². The summed E-state index contributed by atoms with van der Waals surface area (Å²) in [6, 6.07) is 22.3. The van der Waals surface area contributed by atoms with Gasteiger partial charge >= 0.3 is 30.1 Å². The molecule has 3 aromatic carbocycles. The molecular weight excluding hydrogens is 692 g/mol. The van der Waals surface area contributed by atoms with Gasteiger partial charge in [0.15, 0.2) is 6.04 Å². The van der Waals surface area contributed by atoms with Gasteiger partial charge in [-0.15, -0.1) is 0 Å². The molecule has 2 aliphatic rings. The number of nitrogens with one attached hydrogen (secondary N) is 2. The van der Waals surface area contributed by atoms with Crippen molar-refractivity contribution >= 4 is 30.1 Å². The standard InChI is InChI=1S/C42H50N2O10/c1-27(37(44-41(49)54-42(2,3)4)39(47)53-29-17-9-6-10-18-29)52-36(45)24-23-35(38(46)50-25-28-15-7-5-8-16-28)43-40(48)51-26-34-32-21-13-11-19-30(32)31-20-12-14-22-33(31)34/h5,7-8,11-16,19-22,27,29,34-35,37H,6,9-10,17-18,23-26H2,1-4H3,(H,43,48)(H,44,49)/t27-,35-,37-/m0/s1. The Morgan fingerprint density at radius 1 is 0.741 bits per heavy atom. The Kier molecular flexibility index (Phi) is 13.7. The van der Waals surface area contributed by atoms with Crippen LogP contribution in [0.3, 0.4) is 0 Å². The number of benzene rings is 3. The number of carbonyl (C=O) groups is 5. The van der Waals surface area contributed by atoms with E-state index >= 15 is 0 Å². The Morgan fingerprint density at radius 2 is 1.35 bits per heavy atom. The second-order valence-corrected chi connectivity index (χ2v) is 14.7. The second-order valence-electron chi connectivity index (χ2n) is 14.7.